The number of benzene rings is 2. The van der Waals surface area contributed by atoms with E-state index < -0.39 is 17.7 Å². The summed E-state index contributed by atoms with van der Waals surface area (Å²) in [7, 11) is 1.54. The summed E-state index contributed by atoms with van der Waals surface area (Å²) in [5, 5.41) is 12.4. The molecule has 2 aliphatic heterocycles. The first-order chi connectivity index (χ1) is 15.8. The van der Waals surface area contributed by atoms with E-state index in [0.717, 1.165) is 17.4 Å². The molecular formula is C24H25F3N4O2. The number of anilines is 2. The second-order valence-electron chi connectivity index (χ2n) is 8.27. The molecule has 0 saturated carbocycles. The van der Waals surface area contributed by atoms with E-state index in [9.17, 15) is 23.2 Å². The molecule has 2 aromatic rings. The van der Waals surface area contributed by atoms with Gasteiger partial charge in [0.25, 0.3) is 0 Å². The summed E-state index contributed by atoms with van der Waals surface area (Å²) in [5.74, 6) is -0.740. The third kappa shape index (κ3) is 4.62. The molecule has 2 atom stereocenters. The highest BCUT2D eigenvalue weighted by Gasteiger charge is 2.43. The van der Waals surface area contributed by atoms with Crippen LogP contribution in [0.1, 0.15) is 16.7 Å². The van der Waals surface area contributed by atoms with Crippen LogP contribution in [-0.4, -0.2) is 51.8 Å². The standard InChI is InChI=1S/C24H25F3N4O2/c1-33-11-8-29-23(32)19-13-17-12-18(24(25,26)27)6-7-21(17)31-10-9-30(15-22(19)31)20-5-3-2-4-16(20)14-28/h2-7,12,19,22H,8-11,13,15H2,1H3,(H,29,32)/t19-,22-/m1/s1. The average molecular weight is 458 g/mol. The van der Waals surface area contributed by atoms with Crippen LogP contribution in [0.2, 0.25) is 0 Å². The molecule has 2 aromatic carbocycles. The van der Waals surface area contributed by atoms with Gasteiger partial charge in [0.15, 0.2) is 0 Å². The van der Waals surface area contributed by atoms with Crippen molar-refractivity contribution in [2.75, 3.05) is 49.7 Å². The van der Waals surface area contributed by atoms with E-state index in [4.69, 9.17) is 4.74 Å². The number of carbonyl (C=O) groups is 1. The Labute approximate surface area is 190 Å². The number of hydrogen-bond acceptors (Lipinski definition) is 5. The molecule has 1 saturated heterocycles. The normalized spacial score (nSPS) is 20.0. The smallest absolute Gasteiger partial charge is 0.383 e. The third-order valence-electron chi connectivity index (χ3n) is 6.35. The van der Waals surface area contributed by atoms with Crippen LogP contribution in [0.25, 0.3) is 0 Å². The van der Waals surface area contributed by atoms with Gasteiger partial charge in [-0.1, -0.05) is 12.1 Å². The zero-order valence-electron chi connectivity index (χ0n) is 18.2. The Hall–Kier alpha value is -3.25. The highest BCUT2D eigenvalue weighted by Crippen LogP contribution is 2.40. The first kappa shape index (κ1) is 22.9. The molecule has 2 aliphatic rings. The van der Waals surface area contributed by atoms with Gasteiger partial charge in [-0.05, 0) is 42.3 Å². The minimum atomic E-state index is -4.44. The number of nitriles is 1. The van der Waals surface area contributed by atoms with Crippen LogP contribution in [0.3, 0.4) is 0 Å². The third-order valence-corrected chi connectivity index (χ3v) is 6.35. The van der Waals surface area contributed by atoms with Crippen LogP contribution in [-0.2, 0) is 22.1 Å². The monoisotopic (exact) mass is 458 g/mol. The number of alkyl halides is 3. The summed E-state index contributed by atoms with van der Waals surface area (Å²) >= 11 is 0. The van der Waals surface area contributed by atoms with Crippen LogP contribution in [0, 0.1) is 17.2 Å². The lowest BCUT2D eigenvalue weighted by atomic mass is 9.82. The molecule has 0 radical (unpaired) electrons. The quantitative estimate of drug-likeness (QED) is 0.697. The zero-order valence-corrected chi connectivity index (χ0v) is 18.2. The number of methoxy groups -OCH3 is 1. The Morgan fingerprint density at radius 1 is 1.21 bits per heavy atom. The van der Waals surface area contributed by atoms with Crippen LogP contribution in [0.15, 0.2) is 42.5 Å². The van der Waals surface area contributed by atoms with Gasteiger partial charge in [-0.15, -0.1) is 0 Å². The molecule has 1 fully saturated rings. The van der Waals surface area contributed by atoms with E-state index in [2.05, 4.69) is 16.3 Å². The maximum Gasteiger partial charge on any atom is 0.416 e. The topological polar surface area (TPSA) is 68.6 Å². The minimum Gasteiger partial charge on any atom is -0.383 e. The fourth-order valence-electron chi connectivity index (χ4n) is 4.77. The summed E-state index contributed by atoms with van der Waals surface area (Å²) in [6, 6.07) is 13.1. The Morgan fingerprint density at radius 3 is 2.73 bits per heavy atom. The number of nitrogens with zero attached hydrogens (tertiary/aromatic N) is 3. The van der Waals surface area contributed by atoms with Gasteiger partial charge in [-0.25, -0.2) is 0 Å². The van der Waals surface area contributed by atoms with E-state index in [0.29, 0.717) is 43.9 Å². The lowest BCUT2D eigenvalue weighted by Gasteiger charge is -2.49. The fourth-order valence-corrected chi connectivity index (χ4v) is 4.77. The van der Waals surface area contributed by atoms with Crippen molar-refractivity contribution in [1.82, 2.24) is 5.32 Å². The second kappa shape index (κ2) is 9.32. The minimum absolute atomic E-state index is 0.208. The summed E-state index contributed by atoms with van der Waals surface area (Å²) in [6.07, 6.45) is -4.23. The summed E-state index contributed by atoms with van der Waals surface area (Å²) in [4.78, 5) is 17.2. The van der Waals surface area contributed by atoms with E-state index in [1.807, 2.05) is 17.0 Å². The molecule has 0 unspecified atom stereocenters. The van der Waals surface area contributed by atoms with Gasteiger partial charge >= 0.3 is 6.18 Å². The van der Waals surface area contributed by atoms with Gasteiger partial charge in [0, 0.05) is 39.0 Å². The second-order valence-corrected chi connectivity index (χ2v) is 8.27. The molecule has 9 heteroatoms. The van der Waals surface area contributed by atoms with Crippen molar-refractivity contribution in [2.45, 2.75) is 18.6 Å². The number of halogens is 3. The zero-order chi connectivity index (χ0) is 23.6. The molecule has 2 heterocycles. The number of ether oxygens (including phenoxy) is 1. The molecule has 33 heavy (non-hydrogen) atoms. The van der Waals surface area contributed by atoms with Crippen LogP contribution < -0.4 is 15.1 Å². The molecule has 6 nitrogen and oxygen atoms in total. The maximum atomic E-state index is 13.3. The fraction of sp³-hybridized carbons (Fsp3) is 0.417. The number of nitrogens with one attached hydrogen (secondary N) is 1. The van der Waals surface area contributed by atoms with E-state index in [1.54, 1.807) is 12.1 Å². The van der Waals surface area contributed by atoms with E-state index in [-0.39, 0.29) is 18.4 Å². The summed E-state index contributed by atoms with van der Waals surface area (Å²) in [5.41, 5.74) is 1.91. The van der Waals surface area contributed by atoms with Gasteiger partial charge in [0.2, 0.25) is 5.91 Å². The first-order valence-corrected chi connectivity index (χ1v) is 10.8. The van der Waals surface area contributed by atoms with Crippen molar-refractivity contribution in [3.63, 3.8) is 0 Å². The van der Waals surface area contributed by atoms with E-state index in [1.165, 1.54) is 19.2 Å². The van der Waals surface area contributed by atoms with Crippen LogP contribution >= 0.6 is 0 Å². The number of para-hydroxylation sites is 1. The number of fused-ring (bicyclic) bond motifs is 3. The molecule has 1 amide bonds. The number of hydrogen-bond donors (Lipinski definition) is 1. The van der Waals surface area contributed by atoms with Crippen LogP contribution in [0.4, 0.5) is 24.5 Å². The maximum absolute atomic E-state index is 13.3. The van der Waals surface area contributed by atoms with Crippen molar-refractivity contribution >= 4 is 17.3 Å². The molecule has 1 N–H and O–H groups in total. The molecule has 4 rings (SSSR count). The average Bonchev–Trinajstić information content (AvgIpc) is 2.82. The Balaban J connectivity index is 1.67. The van der Waals surface area contributed by atoms with Crippen molar-refractivity contribution in [3.8, 4) is 6.07 Å². The number of carbonyl (C=O) groups excluding carboxylic acids is 1. The Bertz CT molecular complexity index is 1070. The lowest BCUT2D eigenvalue weighted by Crippen LogP contribution is -2.61. The molecule has 0 bridgehead atoms. The number of rotatable bonds is 5. The number of piperazine rings is 1. The Morgan fingerprint density at radius 2 is 2.00 bits per heavy atom. The summed E-state index contributed by atoms with van der Waals surface area (Å²) in [6.45, 7) is 2.29. The van der Waals surface area contributed by atoms with Crippen LogP contribution in [0.5, 0.6) is 0 Å². The summed E-state index contributed by atoms with van der Waals surface area (Å²) < 4.78 is 45.0. The lowest BCUT2D eigenvalue weighted by molar-refractivity contribution is -0.137. The number of amides is 1. The van der Waals surface area contributed by atoms with Gasteiger partial charge in [-0.2, -0.15) is 18.4 Å². The van der Waals surface area contributed by atoms with Gasteiger partial charge in [0.1, 0.15) is 6.07 Å². The molecule has 0 aromatic heterocycles. The molecular weight excluding hydrogens is 433 g/mol. The van der Waals surface area contributed by atoms with Gasteiger partial charge in [-0.3, -0.25) is 4.79 Å². The highest BCUT2D eigenvalue weighted by atomic mass is 19.4. The van der Waals surface area contributed by atoms with E-state index >= 15 is 0 Å². The molecule has 0 aliphatic carbocycles. The van der Waals surface area contributed by atoms with Crippen molar-refractivity contribution < 1.29 is 22.7 Å². The highest BCUT2D eigenvalue weighted by molar-refractivity contribution is 5.82. The van der Waals surface area contributed by atoms with Crippen molar-refractivity contribution in [3.05, 3.63) is 59.2 Å². The van der Waals surface area contributed by atoms with Gasteiger partial charge in [0.05, 0.1) is 35.4 Å². The molecule has 174 valence electrons. The van der Waals surface area contributed by atoms with Crippen molar-refractivity contribution in [2.24, 2.45) is 5.92 Å². The molecule has 0 spiro atoms. The van der Waals surface area contributed by atoms with Gasteiger partial charge < -0.3 is 19.9 Å². The largest absolute Gasteiger partial charge is 0.416 e. The Kier molecular flexibility index (Phi) is 6.47. The first-order valence-electron chi connectivity index (χ1n) is 10.8. The predicted molar refractivity (Wildman–Crippen MR) is 118 cm³/mol. The predicted octanol–water partition coefficient (Wildman–Crippen LogP) is 3.21. The van der Waals surface area contributed by atoms with Crippen molar-refractivity contribution in [1.29, 1.82) is 5.26 Å². The SMILES string of the molecule is COCCNC(=O)[C@@H]1Cc2cc(C(F)(F)F)ccc2N2CCN(c3ccccc3C#N)C[C@H]12.